The number of anilines is 2. The van der Waals surface area contributed by atoms with Crippen LogP contribution in [0.4, 0.5) is 11.4 Å². The summed E-state index contributed by atoms with van der Waals surface area (Å²) in [5.74, 6) is 0.753. The fourth-order valence-corrected chi connectivity index (χ4v) is 4.02. The molecular weight excluding hydrogens is 352 g/mol. The van der Waals surface area contributed by atoms with Crippen LogP contribution in [0.2, 0.25) is 0 Å². The maximum atomic E-state index is 12.7. The predicted octanol–water partition coefficient (Wildman–Crippen LogP) is 4.10. The van der Waals surface area contributed by atoms with Crippen molar-refractivity contribution in [2.75, 3.05) is 16.8 Å². The largest absolute Gasteiger partial charge is 0.481 e. The van der Waals surface area contributed by atoms with E-state index in [2.05, 4.69) is 11.4 Å². The summed E-state index contributed by atoms with van der Waals surface area (Å²) < 4.78 is 6.02. The third-order valence-corrected chi connectivity index (χ3v) is 5.52. The zero-order valence-electron chi connectivity index (χ0n) is 16.2. The number of benzene rings is 2. The molecule has 2 aliphatic rings. The van der Waals surface area contributed by atoms with Crippen molar-refractivity contribution >= 4 is 23.2 Å². The molecule has 5 heteroatoms. The van der Waals surface area contributed by atoms with Crippen molar-refractivity contribution in [1.29, 1.82) is 0 Å². The Morgan fingerprint density at radius 1 is 1.07 bits per heavy atom. The molecule has 1 aliphatic heterocycles. The van der Waals surface area contributed by atoms with Gasteiger partial charge in [-0.2, -0.15) is 0 Å². The molecule has 2 amide bonds. The van der Waals surface area contributed by atoms with Gasteiger partial charge in [0.25, 0.3) is 5.91 Å². The van der Waals surface area contributed by atoms with Gasteiger partial charge in [-0.25, -0.2) is 0 Å². The molecule has 0 saturated carbocycles. The predicted molar refractivity (Wildman–Crippen MR) is 110 cm³/mol. The highest BCUT2D eigenvalue weighted by molar-refractivity contribution is 5.97. The lowest BCUT2D eigenvalue weighted by atomic mass is 9.91. The standard InChI is InChI=1S/C23H26N2O3/c1-16(28-21-12-4-8-17-7-2-3-11-20(17)21)23(27)24-18-9-5-10-19(15-18)25-14-6-13-22(25)26/h4-5,8-10,12,15-16H,2-3,6-7,11,13-14H2,1H3,(H,24,27)/t16-/m0/s1. The van der Waals surface area contributed by atoms with Crippen LogP contribution in [0.25, 0.3) is 0 Å². The van der Waals surface area contributed by atoms with Gasteiger partial charge in [0.1, 0.15) is 5.75 Å². The van der Waals surface area contributed by atoms with Crippen LogP contribution in [-0.4, -0.2) is 24.5 Å². The van der Waals surface area contributed by atoms with Crippen LogP contribution in [0.3, 0.4) is 0 Å². The van der Waals surface area contributed by atoms with Crippen LogP contribution in [0, 0.1) is 0 Å². The van der Waals surface area contributed by atoms with E-state index in [-0.39, 0.29) is 11.8 Å². The normalized spacial score (nSPS) is 17.2. The average Bonchev–Trinajstić information content (AvgIpc) is 3.14. The quantitative estimate of drug-likeness (QED) is 0.852. The number of carbonyl (C=O) groups excluding carboxylic acids is 2. The Morgan fingerprint density at radius 2 is 1.89 bits per heavy atom. The minimum Gasteiger partial charge on any atom is -0.481 e. The lowest BCUT2D eigenvalue weighted by Gasteiger charge is -2.22. The summed E-state index contributed by atoms with van der Waals surface area (Å²) in [5.41, 5.74) is 4.07. The molecule has 1 aliphatic carbocycles. The molecule has 0 aromatic heterocycles. The zero-order chi connectivity index (χ0) is 19.5. The van der Waals surface area contributed by atoms with Crippen LogP contribution >= 0.6 is 0 Å². The number of rotatable bonds is 5. The van der Waals surface area contributed by atoms with E-state index in [4.69, 9.17) is 4.74 Å². The summed E-state index contributed by atoms with van der Waals surface area (Å²) in [4.78, 5) is 26.4. The Hall–Kier alpha value is -2.82. The molecule has 5 nitrogen and oxygen atoms in total. The van der Waals surface area contributed by atoms with E-state index in [0.717, 1.165) is 43.7 Å². The minimum atomic E-state index is -0.606. The number of hydrogen-bond donors (Lipinski definition) is 1. The van der Waals surface area contributed by atoms with Crippen LogP contribution in [0.15, 0.2) is 42.5 Å². The number of fused-ring (bicyclic) bond motifs is 1. The van der Waals surface area contributed by atoms with Gasteiger partial charge >= 0.3 is 0 Å². The van der Waals surface area contributed by atoms with Crippen LogP contribution < -0.4 is 15.0 Å². The minimum absolute atomic E-state index is 0.133. The van der Waals surface area contributed by atoms with Crippen LogP contribution in [-0.2, 0) is 22.4 Å². The van der Waals surface area contributed by atoms with E-state index in [0.29, 0.717) is 12.1 Å². The Bertz CT molecular complexity index is 893. The van der Waals surface area contributed by atoms with Gasteiger partial charge in [-0.1, -0.05) is 18.2 Å². The first-order valence-corrected chi connectivity index (χ1v) is 10.1. The number of aryl methyl sites for hydroxylation is 1. The second kappa shape index (κ2) is 8.05. The molecule has 146 valence electrons. The highest BCUT2D eigenvalue weighted by atomic mass is 16.5. The number of ether oxygens (including phenoxy) is 1. The van der Waals surface area contributed by atoms with Crippen molar-refractivity contribution < 1.29 is 14.3 Å². The van der Waals surface area contributed by atoms with Crippen molar-refractivity contribution in [3.05, 3.63) is 53.6 Å². The molecule has 0 radical (unpaired) electrons. The number of nitrogens with zero attached hydrogens (tertiary/aromatic N) is 1. The molecule has 1 heterocycles. The Labute approximate surface area is 165 Å². The third-order valence-electron chi connectivity index (χ3n) is 5.52. The highest BCUT2D eigenvalue weighted by Gasteiger charge is 2.23. The second-order valence-corrected chi connectivity index (χ2v) is 7.55. The van der Waals surface area contributed by atoms with E-state index in [1.54, 1.807) is 11.8 Å². The van der Waals surface area contributed by atoms with Gasteiger partial charge < -0.3 is 15.0 Å². The van der Waals surface area contributed by atoms with Gasteiger partial charge in [-0.05, 0) is 74.4 Å². The van der Waals surface area contributed by atoms with Gasteiger partial charge in [0.2, 0.25) is 5.91 Å². The molecule has 1 N–H and O–H groups in total. The van der Waals surface area contributed by atoms with Gasteiger partial charge in [0, 0.05) is 24.3 Å². The molecule has 2 aromatic rings. The Morgan fingerprint density at radius 3 is 2.71 bits per heavy atom. The summed E-state index contributed by atoms with van der Waals surface area (Å²) in [5, 5.41) is 2.92. The molecule has 0 unspecified atom stereocenters. The summed E-state index contributed by atoms with van der Waals surface area (Å²) in [6.45, 7) is 2.50. The third kappa shape index (κ3) is 3.88. The van der Waals surface area contributed by atoms with E-state index < -0.39 is 6.10 Å². The fraction of sp³-hybridized carbons (Fsp3) is 0.391. The maximum Gasteiger partial charge on any atom is 0.265 e. The van der Waals surface area contributed by atoms with Crippen LogP contribution in [0.1, 0.15) is 43.7 Å². The number of hydrogen-bond acceptors (Lipinski definition) is 3. The van der Waals surface area contributed by atoms with E-state index in [1.807, 2.05) is 36.4 Å². The van der Waals surface area contributed by atoms with Crippen molar-refractivity contribution in [1.82, 2.24) is 0 Å². The molecular formula is C23H26N2O3. The summed E-state index contributed by atoms with van der Waals surface area (Å²) in [6.07, 6.45) is 5.31. The first kappa shape index (κ1) is 18.5. The Kier molecular flexibility index (Phi) is 5.33. The van der Waals surface area contributed by atoms with E-state index >= 15 is 0 Å². The van der Waals surface area contributed by atoms with Crippen molar-refractivity contribution in [2.24, 2.45) is 0 Å². The second-order valence-electron chi connectivity index (χ2n) is 7.55. The van der Waals surface area contributed by atoms with Crippen LogP contribution in [0.5, 0.6) is 5.75 Å². The van der Waals surface area contributed by atoms with E-state index in [1.165, 1.54) is 17.5 Å². The first-order valence-electron chi connectivity index (χ1n) is 10.1. The number of amides is 2. The monoisotopic (exact) mass is 378 g/mol. The zero-order valence-corrected chi connectivity index (χ0v) is 16.2. The van der Waals surface area contributed by atoms with Crippen molar-refractivity contribution in [3.63, 3.8) is 0 Å². The molecule has 0 spiro atoms. The topological polar surface area (TPSA) is 58.6 Å². The molecule has 0 bridgehead atoms. The van der Waals surface area contributed by atoms with E-state index in [9.17, 15) is 9.59 Å². The number of nitrogens with one attached hydrogen (secondary N) is 1. The summed E-state index contributed by atoms with van der Waals surface area (Å²) in [6, 6.07) is 13.5. The van der Waals surface area contributed by atoms with Gasteiger partial charge in [0.15, 0.2) is 6.10 Å². The fourth-order valence-electron chi connectivity index (χ4n) is 4.02. The molecule has 1 fully saturated rings. The lowest BCUT2D eigenvalue weighted by molar-refractivity contribution is -0.122. The van der Waals surface area contributed by atoms with Crippen molar-refractivity contribution in [3.8, 4) is 5.75 Å². The Balaban J connectivity index is 1.43. The lowest BCUT2D eigenvalue weighted by Crippen LogP contribution is -2.31. The molecule has 1 saturated heterocycles. The smallest absolute Gasteiger partial charge is 0.265 e. The average molecular weight is 378 g/mol. The SMILES string of the molecule is C[C@H](Oc1cccc2c1CCCC2)C(=O)Nc1cccc(N2CCCC2=O)c1. The van der Waals surface area contributed by atoms with Gasteiger partial charge in [-0.3, -0.25) is 9.59 Å². The molecule has 2 aromatic carbocycles. The summed E-state index contributed by atoms with van der Waals surface area (Å²) >= 11 is 0. The summed E-state index contributed by atoms with van der Waals surface area (Å²) in [7, 11) is 0. The molecule has 28 heavy (non-hydrogen) atoms. The van der Waals surface area contributed by atoms with Crippen molar-refractivity contribution in [2.45, 2.75) is 51.6 Å². The van der Waals surface area contributed by atoms with Gasteiger partial charge in [-0.15, -0.1) is 0 Å². The maximum absolute atomic E-state index is 12.7. The molecule has 4 rings (SSSR count). The number of carbonyl (C=O) groups is 2. The van der Waals surface area contributed by atoms with Gasteiger partial charge in [0.05, 0.1) is 0 Å². The first-order chi connectivity index (χ1) is 13.6. The molecule has 1 atom stereocenters. The highest BCUT2D eigenvalue weighted by Crippen LogP contribution is 2.30.